The molecule has 114 valence electrons. The van der Waals surface area contributed by atoms with Crippen molar-refractivity contribution in [3.63, 3.8) is 0 Å². The molecule has 0 spiro atoms. The highest BCUT2D eigenvalue weighted by molar-refractivity contribution is 5.96. The normalized spacial score (nSPS) is 28.6. The maximum Gasteiger partial charge on any atom is 0.163 e. The van der Waals surface area contributed by atoms with Crippen molar-refractivity contribution in [2.75, 3.05) is 13.2 Å². The van der Waals surface area contributed by atoms with Gasteiger partial charge in [-0.2, -0.15) is 0 Å². The Labute approximate surface area is 126 Å². The van der Waals surface area contributed by atoms with Crippen molar-refractivity contribution < 1.29 is 9.53 Å². The number of piperidine rings is 1. The second kappa shape index (κ2) is 6.16. The van der Waals surface area contributed by atoms with Gasteiger partial charge >= 0.3 is 0 Å². The van der Waals surface area contributed by atoms with Gasteiger partial charge in [-0.3, -0.25) is 9.69 Å². The molecular formula is C17H24N2O2. The van der Waals surface area contributed by atoms with E-state index in [0.717, 1.165) is 19.4 Å². The molecule has 2 unspecified atom stereocenters. The van der Waals surface area contributed by atoms with E-state index in [1.54, 1.807) is 6.92 Å². The standard InChI is InChI=1S/C17H24N2O2/c1-12(20)16-4-2-3-5-17(16)21-9-8-19-14-6-7-15(19)11-13(18)10-14/h2-5,13-15H,6-11,18H2,1H3. The zero-order chi connectivity index (χ0) is 14.8. The first-order valence-corrected chi connectivity index (χ1v) is 7.89. The topological polar surface area (TPSA) is 55.6 Å². The zero-order valence-electron chi connectivity index (χ0n) is 12.6. The third-order valence-corrected chi connectivity index (χ3v) is 4.79. The van der Waals surface area contributed by atoms with Gasteiger partial charge in [0.2, 0.25) is 0 Å². The van der Waals surface area contributed by atoms with Crippen LogP contribution in [0.25, 0.3) is 0 Å². The van der Waals surface area contributed by atoms with E-state index in [9.17, 15) is 4.79 Å². The van der Waals surface area contributed by atoms with E-state index >= 15 is 0 Å². The molecular weight excluding hydrogens is 264 g/mol. The van der Waals surface area contributed by atoms with E-state index in [0.29, 0.717) is 36.0 Å². The molecule has 0 aromatic heterocycles. The van der Waals surface area contributed by atoms with Crippen LogP contribution in [-0.4, -0.2) is 42.0 Å². The number of Topliss-reactive ketones (excluding diaryl/α,β-unsaturated/α-hetero) is 1. The second-order valence-corrected chi connectivity index (χ2v) is 6.26. The predicted octanol–water partition coefficient (Wildman–Crippen LogP) is 2.22. The number of nitrogens with two attached hydrogens (primary N) is 1. The van der Waals surface area contributed by atoms with Gasteiger partial charge in [-0.15, -0.1) is 0 Å². The quantitative estimate of drug-likeness (QED) is 0.844. The van der Waals surface area contributed by atoms with Crippen LogP contribution in [0, 0.1) is 0 Å². The molecule has 2 aliphatic rings. The molecule has 2 N–H and O–H groups in total. The Kier molecular flexibility index (Phi) is 4.27. The number of ether oxygens (including phenoxy) is 1. The number of fused-ring (bicyclic) bond motifs is 2. The molecule has 2 aliphatic heterocycles. The van der Waals surface area contributed by atoms with Gasteiger partial charge in [0.05, 0.1) is 5.56 Å². The number of benzene rings is 1. The zero-order valence-corrected chi connectivity index (χ0v) is 12.6. The number of hydrogen-bond acceptors (Lipinski definition) is 4. The van der Waals surface area contributed by atoms with E-state index in [-0.39, 0.29) is 5.78 Å². The number of carbonyl (C=O) groups excluding carboxylic acids is 1. The molecule has 0 saturated carbocycles. The number of para-hydroxylation sites is 1. The summed E-state index contributed by atoms with van der Waals surface area (Å²) >= 11 is 0. The summed E-state index contributed by atoms with van der Waals surface area (Å²) in [4.78, 5) is 14.1. The predicted molar refractivity (Wildman–Crippen MR) is 82.7 cm³/mol. The number of ketones is 1. The molecule has 2 atom stereocenters. The molecule has 0 radical (unpaired) electrons. The smallest absolute Gasteiger partial charge is 0.163 e. The van der Waals surface area contributed by atoms with Crippen LogP contribution in [0.4, 0.5) is 0 Å². The highest BCUT2D eigenvalue weighted by Gasteiger charge is 2.39. The van der Waals surface area contributed by atoms with Gasteiger partial charge < -0.3 is 10.5 Å². The monoisotopic (exact) mass is 288 g/mol. The average molecular weight is 288 g/mol. The van der Waals surface area contributed by atoms with E-state index in [2.05, 4.69) is 4.90 Å². The summed E-state index contributed by atoms with van der Waals surface area (Å²) in [6.45, 7) is 3.13. The van der Waals surface area contributed by atoms with Gasteiger partial charge in [-0.25, -0.2) is 0 Å². The number of rotatable bonds is 5. The summed E-state index contributed by atoms with van der Waals surface area (Å²) < 4.78 is 5.86. The Balaban J connectivity index is 1.56. The Morgan fingerprint density at radius 3 is 2.62 bits per heavy atom. The summed E-state index contributed by atoms with van der Waals surface area (Å²) in [6.07, 6.45) is 4.76. The van der Waals surface area contributed by atoms with Crippen LogP contribution in [-0.2, 0) is 0 Å². The minimum absolute atomic E-state index is 0.0506. The molecule has 2 bridgehead atoms. The summed E-state index contributed by atoms with van der Waals surface area (Å²) in [5.41, 5.74) is 6.76. The molecule has 4 nitrogen and oxygen atoms in total. The van der Waals surface area contributed by atoms with Crippen molar-refractivity contribution in [1.82, 2.24) is 4.90 Å². The van der Waals surface area contributed by atoms with Gasteiger partial charge in [0.25, 0.3) is 0 Å². The molecule has 1 aromatic carbocycles. The molecule has 3 rings (SSSR count). The Morgan fingerprint density at radius 2 is 1.95 bits per heavy atom. The minimum atomic E-state index is 0.0506. The summed E-state index contributed by atoms with van der Waals surface area (Å²) in [5.74, 6) is 0.751. The lowest BCUT2D eigenvalue weighted by molar-refractivity contribution is 0.0991. The number of nitrogens with zero attached hydrogens (tertiary/aromatic N) is 1. The molecule has 0 amide bonds. The van der Waals surface area contributed by atoms with Crippen molar-refractivity contribution in [3.8, 4) is 5.75 Å². The lowest BCUT2D eigenvalue weighted by Crippen LogP contribution is -2.48. The van der Waals surface area contributed by atoms with E-state index < -0.39 is 0 Å². The summed E-state index contributed by atoms with van der Waals surface area (Å²) in [7, 11) is 0. The first-order valence-electron chi connectivity index (χ1n) is 7.89. The van der Waals surface area contributed by atoms with E-state index in [4.69, 9.17) is 10.5 Å². The Hall–Kier alpha value is -1.39. The van der Waals surface area contributed by atoms with Crippen molar-refractivity contribution >= 4 is 5.78 Å². The summed E-state index contributed by atoms with van der Waals surface area (Å²) in [5, 5.41) is 0. The van der Waals surface area contributed by atoms with Gasteiger partial charge in [0.15, 0.2) is 5.78 Å². The summed E-state index contributed by atoms with van der Waals surface area (Å²) in [6, 6.07) is 9.11. The van der Waals surface area contributed by atoms with Gasteiger partial charge in [-0.1, -0.05) is 12.1 Å². The maximum atomic E-state index is 11.6. The van der Waals surface area contributed by atoms with Crippen LogP contribution >= 0.6 is 0 Å². The Bertz CT molecular complexity index is 503. The van der Waals surface area contributed by atoms with Crippen LogP contribution in [0.2, 0.25) is 0 Å². The lowest BCUT2D eigenvalue weighted by Gasteiger charge is -2.37. The third kappa shape index (κ3) is 3.11. The van der Waals surface area contributed by atoms with E-state index in [1.807, 2.05) is 24.3 Å². The van der Waals surface area contributed by atoms with Crippen LogP contribution < -0.4 is 10.5 Å². The fraction of sp³-hybridized carbons (Fsp3) is 0.588. The SMILES string of the molecule is CC(=O)c1ccccc1OCCN1C2CCC1CC(N)C2. The number of hydrogen-bond donors (Lipinski definition) is 1. The van der Waals surface area contributed by atoms with Gasteiger partial charge in [0.1, 0.15) is 12.4 Å². The van der Waals surface area contributed by atoms with Crippen LogP contribution in [0.1, 0.15) is 43.0 Å². The highest BCUT2D eigenvalue weighted by atomic mass is 16.5. The molecule has 0 aliphatic carbocycles. The second-order valence-electron chi connectivity index (χ2n) is 6.26. The average Bonchev–Trinajstić information content (AvgIpc) is 2.70. The first-order chi connectivity index (χ1) is 10.1. The highest BCUT2D eigenvalue weighted by Crippen LogP contribution is 2.34. The van der Waals surface area contributed by atoms with Crippen LogP contribution in [0.3, 0.4) is 0 Å². The van der Waals surface area contributed by atoms with E-state index in [1.165, 1.54) is 12.8 Å². The lowest BCUT2D eigenvalue weighted by atomic mass is 9.98. The largest absolute Gasteiger partial charge is 0.491 e. The van der Waals surface area contributed by atoms with Gasteiger partial charge in [0, 0.05) is 24.7 Å². The van der Waals surface area contributed by atoms with Gasteiger partial charge in [-0.05, 0) is 44.7 Å². The Morgan fingerprint density at radius 1 is 1.29 bits per heavy atom. The molecule has 4 heteroatoms. The van der Waals surface area contributed by atoms with Crippen molar-refractivity contribution in [1.29, 1.82) is 0 Å². The first kappa shape index (κ1) is 14.5. The maximum absolute atomic E-state index is 11.6. The van der Waals surface area contributed by atoms with Crippen LogP contribution in [0.15, 0.2) is 24.3 Å². The minimum Gasteiger partial charge on any atom is -0.491 e. The van der Waals surface area contributed by atoms with Crippen LogP contribution in [0.5, 0.6) is 5.75 Å². The van der Waals surface area contributed by atoms with Crippen molar-refractivity contribution in [2.45, 2.75) is 50.7 Å². The fourth-order valence-electron chi connectivity index (χ4n) is 3.83. The van der Waals surface area contributed by atoms with Crippen molar-refractivity contribution in [3.05, 3.63) is 29.8 Å². The molecule has 21 heavy (non-hydrogen) atoms. The molecule has 2 saturated heterocycles. The molecule has 2 fully saturated rings. The third-order valence-electron chi connectivity index (χ3n) is 4.79. The number of carbonyl (C=O) groups is 1. The molecule has 2 heterocycles. The van der Waals surface area contributed by atoms with Crippen molar-refractivity contribution in [2.24, 2.45) is 5.73 Å². The molecule has 1 aromatic rings. The fourth-order valence-corrected chi connectivity index (χ4v) is 3.83.